The molecular formula is C31H26NO+. The highest BCUT2D eigenvalue weighted by molar-refractivity contribution is 6.11. The molecular weight excluding hydrogens is 402 g/mol. The van der Waals surface area contributed by atoms with Crippen molar-refractivity contribution in [1.82, 2.24) is 0 Å². The van der Waals surface area contributed by atoms with E-state index in [1.54, 1.807) is 18.3 Å². The van der Waals surface area contributed by atoms with Crippen LogP contribution in [0.5, 0.6) is 0 Å². The van der Waals surface area contributed by atoms with Gasteiger partial charge in [-0.1, -0.05) is 54.1 Å². The molecule has 0 fully saturated rings. The molecule has 0 spiro atoms. The lowest BCUT2D eigenvalue weighted by molar-refractivity contribution is -0.660. The van der Waals surface area contributed by atoms with E-state index in [2.05, 4.69) is 6.07 Å². The quantitative estimate of drug-likeness (QED) is 0.254. The van der Waals surface area contributed by atoms with Crippen LogP contribution in [0.2, 0.25) is 0 Å². The molecule has 2 nitrogen and oxygen atoms in total. The number of aromatic nitrogens is 1. The molecule has 6 aromatic rings. The standard InChI is InChI=1S/C31H26NO/c1-19-10-11-23-15-30-28(14-24(23)12-19)27-13-20(2)26(17-31(27)33-30)29-16-25(21(3)18-32(29)4)22-8-6-5-7-9-22/h5-18H,1-4H3/q+1/i1D3,3D3. The lowest BCUT2D eigenvalue weighted by Gasteiger charge is -2.10. The van der Waals surface area contributed by atoms with Gasteiger partial charge in [-0.15, -0.1) is 0 Å². The Morgan fingerprint density at radius 1 is 0.727 bits per heavy atom. The topological polar surface area (TPSA) is 17.0 Å². The van der Waals surface area contributed by atoms with Crippen LogP contribution in [-0.4, -0.2) is 0 Å². The van der Waals surface area contributed by atoms with Crippen LogP contribution in [-0.2, 0) is 7.05 Å². The van der Waals surface area contributed by atoms with E-state index >= 15 is 0 Å². The predicted molar refractivity (Wildman–Crippen MR) is 137 cm³/mol. The molecule has 2 aromatic heterocycles. The predicted octanol–water partition coefficient (Wildman–Crippen LogP) is 7.82. The Hall–Kier alpha value is -3.91. The molecule has 4 aromatic carbocycles. The monoisotopic (exact) mass is 434 g/mol. The third-order valence-corrected chi connectivity index (χ3v) is 6.41. The Kier molecular flexibility index (Phi) is 3.17. The molecule has 0 unspecified atom stereocenters. The zero-order valence-electron chi connectivity index (χ0n) is 24.4. The smallest absolute Gasteiger partial charge is 0.213 e. The summed E-state index contributed by atoms with van der Waals surface area (Å²) in [5.41, 5.74) is 6.37. The fourth-order valence-corrected chi connectivity index (χ4v) is 4.72. The highest BCUT2D eigenvalue weighted by Crippen LogP contribution is 2.37. The van der Waals surface area contributed by atoms with Crippen LogP contribution in [0.4, 0.5) is 0 Å². The van der Waals surface area contributed by atoms with Gasteiger partial charge in [-0.2, -0.15) is 0 Å². The number of aryl methyl sites for hydroxylation is 4. The lowest BCUT2D eigenvalue weighted by Crippen LogP contribution is -2.31. The van der Waals surface area contributed by atoms with Crippen molar-refractivity contribution < 1.29 is 17.2 Å². The van der Waals surface area contributed by atoms with Gasteiger partial charge in [0.15, 0.2) is 6.20 Å². The molecule has 0 N–H and O–H groups in total. The Morgan fingerprint density at radius 3 is 2.36 bits per heavy atom. The van der Waals surface area contributed by atoms with Gasteiger partial charge in [0.05, 0.1) is 5.56 Å². The van der Waals surface area contributed by atoms with Crippen LogP contribution in [0.25, 0.3) is 55.1 Å². The van der Waals surface area contributed by atoms with Gasteiger partial charge in [0.1, 0.15) is 18.2 Å². The molecule has 0 aliphatic carbocycles. The van der Waals surface area contributed by atoms with E-state index in [0.717, 1.165) is 49.5 Å². The first-order valence-corrected chi connectivity index (χ1v) is 10.9. The molecule has 2 heteroatoms. The van der Waals surface area contributed by atoms with Gasteiger partial charge in [-0.25, -0.2) is 4.57 Å². The first kappa shape index (κ1) is 14.3. The van der Waals surface area contributed by atoms with Gasteiger partial charge < -0.3 is 4.42 Å². The highest BCUT2D eigenvalue weighted by Gasteiger charge is 2.19. The van der Waals surface area contributed by atoms with Crippen LogP contribution in [0.1, 0.15) is 24.9 Å². The van der Waals surface area contributed by atoms with Crippen LogP contribution >= 0.6 is 0 Å². The van der Waals surface area contributed by atoms with Crippen molar-refractivity contribution in [3.63, 3.8) is 0 Å². The van der Waals surface area contributed by atoms with E-state index in [4.69, 9.17) is 12.6 Å². The van der Waals surface area contributed by atoms with Crippen LogP contribution < -0.4 is 4.57 Å². The van der Waals surface area contributed by atoms with Gasteiger partial charge in [0, 0.05) is 30.6 Å². The fourth-order valence-electron chi connectivity index (χ4n) is 4.72. The van der Waals surface area contributed by atoms with Crippen LogP contribution in [0.3, 0.4) is 0 Å². The average molecular weight is 435 g/mol. The van der Waals surface area contributed by atoms with Crippen molar-refractivity contribution in [2.24, 2.45) is 7.05 Å². The zero-order valence-corrected chi connectivity index (χ0v) is 18.4. The number of pyridine rings is 1. The number of nitrogens with zero attached hydrogens (tertiary/aromatic N) is 1. The minimum Gasteiger partial charge on any atom is -0.456 e. The normalized spacial score (nSPS) is 15.1. The summed E-state index contributed by atoms with van der Waals surface area (Å²) in [5.74, 6) is 0. The second kappa shape index (κ2) is 7.31. The molecule has 0 saturated carbocycles. The maximum atomic E-state index is 8.13. The lowest BCUT2D eigenvalue weighted by atomic mass is 9.96. The molecule has 160 valence electrons. The van der Waals surface area contributed by atoms with Gasteiger partial charge in [0.2, 0.25) is 5.69 Å². The number of benzene rings is 4. The first-order valence-electron chi connectivity index (χ1n) is 13.9. The minimum absolute atomic E-state index is 0.297. The van der Waals surface area contributed by atoms with Crippen molar-refractivity contribution in [2.75, 3.05) is 0 Å². The number of furan rings is 1. The summed E-state index contributed by atoms with van der Waals surface area (Å²) in [6.07, 6.45) is 1.70. The molecule has 0 aliphatic heterocycles. The molecule has 0 atom stereocenters. The average Bonchev–Trinajstić information content (AvgIpc) is 3.22. The van der Waals surface area contributed by atoms with Gasteiger partial charge >= 0.3 is 0 Å². The van der Waals surface area contributed by atoms with Crippen LogP contribution in [0.15, 0.2) is 89.5 Å². The van der Waals surface area contributed by atoms with E-state index < -0.39 is 13.7 Å². The van der Waals surface area contributed by atoms with Crippen molar-refractivity contribution in [3.05, 3.63) is 102 Å². The van der Waals surface area contributed by atoms with Crippen molar-refractivity contribution in [3.8, 4) is 22.4 Å². The highest BCUT2D eigenvalue weighted by atomic mass is 16.3. The molecule has 0 bridgehead atoms. The van der Waals surface area contributed by atoms with Crippen molar-refractivity contribution >= 4 is 32.7 Å². The molecule has 0 saturated heterocycles. The molecule has 6 rings (SSSR count). The zero-order chi connectivity index (χ0) is 27.7. The maximum Gasteiger partial charge on any atom is 0.213 e. The number of rotatable bonds is 2. The number of hydrogen-bond donors (Lipinski definition) is 0. The number of fused-ring (bicyclic) bond motifs is 4. The summed E-state index contributed by atoms with van der Waals surface area (Å²) < 4.78 is 55.8. The maximum absolute atomic E-state index is 8.13. The third kappa shape index (κ3) is 3.22. The molecule has 2 heterocycles. The fraction of sp³-hybridized carbons (Fsp3) is 0.129. The molecule has 0 amide bonds. The Labute approximate surface area is 202 Å². The van der Waals surface area contributed by atoms with Crippen molar-refractivity contribution in [1.29, 1.82) is 0 Å². The van der Waals surface area contributed by atoms with E-state index in [1.807, 2.05) is 79.2 Å². The van der Waals surface area contributed by atoms with E-state index in [0.29, 0.717) is 22.3 Å². The van der Waals surface area contributed by atoms with Gasteiger partial charge in [0.25, 0.3) is 0 Å². The summed E-state index contributed by atoms with van der Waals surface area (Å²) in [6.45, 7) is -2.40. The molecule has 0 aliphatic rings. The third-order valence-electron chi connectivity index (χ3n) is 6.41. The van der Waals surface area contributed by atoms with E-state index in [-0.39, 0.29) is 0 Å². The summed E-state index contributed by atoms with van der Waals surface area (Å²) in [7, 11) is 1.86. The minimum atomic E-state index is -2.26. The van der Waals surface area contributed by atoms with Crippen molar-refractivity contribution in [2.45, 2.75) is 20.6 Å². The van der Waals surface area contributed by atoms with Crippen LogP contribution in [0, 0.1) is 20.6 Å². The summed E-state index contributed by atoms with van der Waals surface area (Å²) in [5, 5.41) is 3.62. The second-order valence-electron chi connectivity index (χ2n) is 8.64. The SMILES string of the molecule is [2H]C([2H])([2H])c1ccc2cc3oc4cc(-c5cc(-c6ccccc6)c(C([2H])([2H])[2H])c[n+]5C)c(C)cc4c3cc2c1. The van der Waals surface area contributed by atoms with E-state index in [9.17, 15) is 0 Å². The summed E-state index contributed by atoms with van der Waals surface area (Å²) in [6, 6.07) is 24.7. The number of hydrogen-bond acceptors (Lipinski definition) is 1. The van der Waals surface area contributed by atoms with E-state index in [1.165, 1.54) is 0 Å². The first-order chi connectivity index (χ1) is 18.4. The van der Waals surface area contributed by atoms with Gasteiger partial charge in [-0.05, 0) is 72.4 Å². The Bertz CT molecular complexity index is 1900. The molecule has 0 radical (unpaired) electrons. The van der Waals surface area contributed by atoms with Gasteiger partial charge in [-0.3, -0.25) is 0 Å². The largest absolute Gasteiger partial charge is 0.456 e. The molecule has 33 heavy (non-hydrogen) atoms. The second-order valence-corrected chi connectivity index (χ2v) is 8.64. The summed E-state index contributed by atoms with van der Waals surface area (Å²) >= 11 is 0. The Balaban J connectivity index is 1.56. The summed E-state index contributed by atoms with van der Waals surface area (Å²) in [4.78, 5) is 0. The Morgan fingerprint density at radius 2 is 1.55 bits per heavy atom.